The van der Waals surface area contributed by atoms with Gasteiger partial charge in [-0.25, -0.2) is 0 Å². The second-order valence-corrected chi connectivity index (χ2v) is 6.74. The summed E-state index contributed by atoms with van der Waals surface area (Å²) in [6.45, 7) is 13.3. The van der Waals surface area contributed by atoms with Crippen LogP contribution in [0.25, 0.3) is 0 Å². The molecule has 0 atom stereocenters. The lowest BCUT2D eigenvalue weighted by atomic mass is 9.83. The molecule has 0 radical (unpaired) electrons. The van der Waals surface area contributed by atoms with E-state index in [2.05, 4.69) is 24.1 Å². The van der Waals surface area contributed by atoms with Crippen molar-refractivity contribution < 1.29 is 4.79 Å². The van der Waals surface area contributed by atoms with Gasteiger partial charge in [0.2, 0.25) is 5.91 Å². The fourth-order valence-electron chi connectivity index (χ4n) is 1.98. The molecule has 1 fully saturated rings. The van der Waals surface area contributed by atoms with Crippen molar-refractivity contribution in [1.29, 1.82) is 0 Å². The largest absolute Gasteiger partial charge is 0.350 e. The van der Waals surface area contributed by atoms with Gasteiger partial charge in [-0.1, -0.05) is 13.8 Å². The Morgan fingerprint density at radius 1 is 1.25 bits per heavy atom. The van der Waals surface area contributed by atoms with Gasteiger partial charge in [0.1, 0.15) is 0 Å². The number of carbonyl (C=O) groups excluding carboxylic acids is 1. The second kappa shape index (κ2) is 4.74. The predicted octanol–water partition coefficient (Wildman–Crippen LogP) is 2.02. The van der Waals surface area contributed by atoms with Gasteiger partial charge in [-0.15, -0.1) is 0 Å². The van der Waals surface area contributed by atoms with E-state index < -0.39 is 0 Å². The van der Waals surface area contributed by atoms with Gasteiger partial charge in [0, 0.05) is 5.54 Å². The van der Waals surface area contributed by atoms with E-state index >= 15 is 0 Å². The van der Waals surface area contributed by atoms with Gasteiger partial charge >= 0.3 is 0 Å². The van der Waals surface area contributed by atoms with Gasteiger partial charge in [-0.2, -0.15) is 0 Å². The Balaban J connectivity index is 2.32. The normalized spacial score (nSPS) is 21.8. The topological polar surface area (TPSA) is 32.3 Å². The molecule has 1 rings (SSSR count). The van der Waals surface area contributed by atoms with Crippen LogP contribution in [0.5, 0.6) is 0 Å². The SMILES string of the molecule is CC1(C)CCN(CC(=O)NC(C)(C)C)CC1. The maximum absolute atomic E-state index is 11.7. The van der Waals surface area contributed by atoms with Crippen LogP contribution in [0.2, 0.25) is 0 Å². The van der Waals surface area contributed by atoms with Gasteiger partial charge in [0.25, 0.3) is 0 Å². The Bertz CT molecular complexity index is 243. The third-order valence-electron chi connectivity index (χ3n) is 3.09. The lowest BCUT2D eigenvalue weighted by Crippen LogP contribution is -2.48. The predicted molar refractivity (Wildman–Crippen MR) is 67.4 cm³/mol. The van der Waals surface area contributed by atoms with Gasteiger partial charge in [0.05, 0.1) is 6.54 Å². The summed E-state index contributed by atoms with van der Waals surface area (Å²) in [7, 11) is 0. The van der Waals surface area contributed by atoms with Gasteiger partial charge in [0.15, 0.2) is 0 Å². The average molecular weight is 226 g/mol. The molecule has 1 aliphatic rings. The van der Waals surface area contributed by atoms with Crippen molar-refractivity contribution in [2.75, 3.05) is 19.6 Å². The zero-order chi connectivity index (χ0) is 12.4. The molecular weight excluding hydrogens is 200 g/mol. The maximum atomic E-state index is 11.7. The molecule has 0 spiro atoms. The maximum Gasteiger partial charge on any atom is 0.234 e. The number of hydrogen-bond donors (Lipinski definition) is 1. The monoisotopic (exact) mass is 226 g/mol. The number of piperidine rings is 1. The van der Waals surface area contributed by atoms with E-state index in [1.807, 2.05) is 20.8 Å². The summed E-state index contributed by atoms with van der Waals surface area (Å²) in [4.78, 5) is 14.0. The van der Waals surface area contributed by atoms with Crippen LogP contribution in [0.15, 0.2) is 0 Å². The third-order valence-corrected chi connectivity index (χ3v) is 3.09. The lowest BCUT2D eigenvalue weighted by Gasteiger charge is -2.36. The summed E-state index contributed by atoms with van der Waals surface area (Å²) < 4.78 is 0. The highest BCUT2D eigenvalue weighted by molar-refractivity contribution is 5.78. The molecule has 3 nitrogen and oxygen atoms in total. The molecule has 0 aromatic rings. The second-order valence-electron chi connectivity index (χ2n) is 6.74. The third kappa shape index (κ3) is 4.97. The molecule has 1 heterocycles. The first-order valence-electron chi connectivity index (χ1n) is 6.21. The van der Waals surface area contributed by atoms with E-state index in [9.17, 15) is 4.79 Å². The lowest BCUT2D eigenvalue weighted by molar-refractivity contribution is -0.124. The summed E-state index contributed by atoms with van der Waals surface area (Å²) in [5, 5.41) is 3.01. The number of nitrogens with one attached hydrogen (secondary N) is 1. The highest BCUT2D eigenvalue weighted by atomic mass is 16.2. The molecule has 1 aliphatic heterocycles. The average Bonchev–Trinajstić information content (AvgIpc) is 2.05. The molecule has 3 heteroatoms. The summed E-state index contributed by atoms with van der Waals surface area (Å²) >= 11 is 0. The van der Waals surface area contributed by atoms with Crippen molar-refractivity contribution in [1.82, 2.24) is 10.2 Å². The van der Waals surface area contributed by atoms with Crippen molar-refractivity contribution in [3.63, 3.8) is 0 Å². The summed E-state index contributed by atoms with van der Waals surface area (Å²) in [5.41, 5.74) is 0.336. The number of rotatable bonds is 2. The number of hydrogen-bond acceptors (Lipinski definition) is 2. The zero-order valence-corrected chi connectivity index (χ0v) is 11.4. The van der Waals surface area contributed by atoms with Crippen molar-refractivity contribution in [3.05, 3.63) is 0 Å². The molecule has 0 aliphatic carbocycles. The van der Waals surface area contributed by atoms with Crippen molar-refractivity contribution in [3.8, 4) is 0 Å². The fraction of sp³-hybridized carbons (Fsp3) is 0.923. The number of likely N-dealkylation sites (tertiary alicyclic amines) is 1. The van der Waals surface area contributed by atoms with E-state index in [1.165, 1.54) is 12.8 Å². The van der Waals surface area contributed by atoms with Crippen LogP contribution in [0.4, 0.5) is 0 Å². The minimum atomic E-state index is -0.119. The minimum Gasteiger partial charge on any atom is -0.350 e. The summed E-state index contributed by atoms with van der Waals surface area (Å²) in [5.74, 6) is 0.146. The van der Waals surface area contributed by atoms with Gasteiger partial charge in [-0.05, 0) is 52.1 Å². The van der Waals surface area contributed by atoms with Crippen LogP contribution in [0.1, 0.15) is 47.5 Å². The molecule has 94 valence electrons. The van der Waals surface area contributed by atoms with Gasteiger partial charge < -0.3 is 5.32 Å². The Kier molecular flexibility index (Phi) is 4.00. The Labute approximate surface area is 99.6 Å². The van der Waals surface area contributed by atoms with Crippen molar-refractivity contribution in [2.24, 2.45) is 5.41 Å². The first-order valence-corrected chi connectivity index (χ1v) is 6.21. The quantitative estimate of drug-likeness (QED) is 0.781. The van der Waals surface area contributed by atoms with Crippen LogP contribution in [-0.2, 0) is 4.79 Å². The molecule has 0 aromatic heterocycles. The first kappa shape index (κ1) is 13.5. The number of nitrogens with zero attached hydrogens (tertiary/aromatic N) is 1. The number of carbonyl (C=O) groups is 1. The van der Waals surface area contributed by atoms with E-state index in [0.717, 1.165) is 13.1 Å². The van der Waals surface area contributed by atoms with E-state index in [0.29, 0.717) is 12.0 Å². The van der Waals surface area contributed by atoms with Crippen molar-refractivity contribution in [2.45, 2.75) is 53.0 Å². The number of amides is 1. The van der Waals surface area contributed by atoms with E-state index in [1.54, 1.807) is 0 Å². The molecule has 1 amide bonds. The van der Waals surface area contributed by atoms with E-state index in [4.69, 9.17) is 0 Å². The Morgan fingerprint density at radius 2 is 1.75 bits per heavy atom. The highest BCUT2D eigenvalue weighted by Crippen LogP contribution is 2.29. The molecule has 16 heavy (non-hydrogen) atoms. The summed E-state index contributed by atoms with van der Waals surface area (Å²) in [6.07, 6.45) is 2.38. The zero-order valence-electron chi connectivity index (χ0n) is 11.4. The molecule has 1 N–H and O–H groups in total. The molecule has 0 aromatic carbocycles. The van der Waals surface area contributed by atoms with Gasteiger partial charge in [-0.3, -0.25) is 9.69 Å². The Hall–Kier alpha value is -0.570. The van der Waals surface area contributed by atoms with Crippen LogP contribution in [0.3, 0.4) is 0 Å². The molecular formula is C13H26N2O. The Morgan fingerprint density at radius 3 is 2.19 bits per heavy atom. The molecule has 0 saturated carbocycles. The minimum absolute atomic E-state index is 0.119. The van der Waals surface area contributed by atoms with Crippen LogP contribution in [-0.4, -0.2) is 36.0 Å². The molecule has 0 unspecified atom stereocenters. The van der Waals surface area contributed by atoms with Crippen LogP contribution >= 0.6 is 0 Å². The highest BCUT2D eigenvalue weighted by Gasteiger charge is 2.26. The molecule has 1 saturated heterocycles. The summed E-state index contributed by atoms with van der Waals surface area (Å²) in [6, 6.07) is 0. The van der Waals surface area contributed by atoms with Crippen LogP contribution < -0.4 is 5.32 Å². The standard InChI is InChI=1S/C13H26N2O/c1-12(2,3)14-11(16)10-15-8-6-13(4,5)7-9-15/h6-10H2,1-5H3,(H,14,16). The molecule has 0 bridgehead atoms. The van der Waals surface area contributed by atoms with Crippen molar-refractivity contribution >= 4 is 5.91 Å². The fourth-order valence-corrected chi connectivity index (χ4v) is 1.98. The smallest absolute Gasteiger partial charge is 0.234 e. The van der Waals surface area contributed by atoms with Crippen LogP contribution in [0, 0.1) is 5.41 Å². The van der Waals surface area contributed by atoms with E-state index in [-0.39, 0.29) is 11.4 Å². The first-order chi connectivity index (χ1) is 7.18.